The maximum absolute atomic E-state index is 11.9. The van der Waals surface area contributed by atoms with E-state index in [9.17, 15) is 39.6 Å². The molecule has 8 rings (SSSR count). The normalized spacial score (nSPS) is 10.9. The number of aromatic carboxylic acids is 4. The molecular weight excluding hydrogens is 656 g/mol. The minimum Gasteiger partial charge on any atom is -0.478 e. The van der Waals surface area contributed by atoms with Gasteiger partial charge in [-0.15, -0.1) is 0 Å². The number of carboxylic acid groups (broad SMARTS) is 4. The van der Waals surface area contributed by atoms with Crippen LogP contribution in [0.1, 0.15) is 41.4 Å². The zero-order valence-corrected chi connectivity index (χ0v) is 27.3. The van der Waals surface area contributed by atoms with Gasteiger partial charge in [0.2, 0.25) is 0 Å². The van der Waals surface area contributed by atoms with Crippen molar-refractivity contribution < 1.29 is 39.6 Å². The molecule has 0 heterocycles. The maximum atomic E-state index is 11.9. The van der Waals surface area contributed by atoms with Crippen molar-refractivity contribution in [2.45, 2.75) is 0 Å². The van der Waals surface area contributed by atoms with Gasteiger partial charge in [-0.1, -0.05) is 121 Å². The second kappa shape index (κ2) is 13.5. The molecule has 0 aromatic heterocycles. The third-order valence-corrected chi connectivity index (χ3v) is 9.14. The first kappa shape index (κ1) is 33.2. The molecule has 0 bridgehead atoms. The highest BCUT2D eigenvalue weighted by Gasteiger charge is 2.24. The molecule has 0 amide bonds. The molecule has 0 unspecified atom stereocenters. The molecule has 252 valence electrons. The standard InChI is InChI=1S/2C22H14O4/c2*23-21(24)17-11-9-13-5-1-3-7-15(13)19(17)20-16-8-4-2-6-14(16)10-12-18(20)22(25)26/h2*1-12H,(H,23,24)(H,25,26). The van der Waals surface area contributed by atoms with E-state index in [1.165, 1.54) is 24.3 Å². The van der Waals surface area contributed by atoms with Crippen LogP contribution in [0.25, 0.3) is 65.3 Å². The lowest BCUT2D eigenvalue weighted by Gasteiger charge is -2.16. The summed E-state index contributed by atoms with van der Waals surface area (Å²) in [5, 5.41) is 45.3. The van der Waals surface area contributed by atoms with Crippen molar-refractivity contribution in [2.24, 2.45) is 0 Å². The Morgan fingerprint density at radius 1 is 0.269 bits per heavy atom. The lowest BCUT2D eigenvalue weighted by Crippen LogP contribution is -2.05. The zero-order chi connectivity index (χ0) is 36.5. The van der Waals surface area contributed by atoms with E-state index in [2.05, 4.69) is 0 Å². The van der Waals surface area contributed by atoms with Crippen LogP contribution >= 0.6 is 0 Å². The van der Waals surface area contributed by atoms with Crippen molar-refractivity contribution in [3.05, 3.63) is 168 Å². The SMILES string of the molecule is O=C(O)c1ccc2ccccc2c1-c1c(C(=O)O)ccc2ccccc12.O=C(O)c1ccc2ccccc2c1-c1c(C(=O)O)ccc2ccccc12. The Bertz CT molecular complexity index is 2380. The van der Waals surface area contributed by atoms with Gasteiger partial charge in [0.15, 0.2) is 0 Å². The van der Waals surface area contributed by atoms with E-state index >= 15 is 0 Å². The number of fused-ring (bicyclic) bond motifs is 4. The van der Waals surface area contributed by atoms with Crippen LogP contribution in [0.2, 0.25) is 0 Å². The Balaban J connectivity index is 0.000000162. The second-order valence-electron chi connectivity index (χ2n) is 12.1. The largest absolute Gasteiger partial charge is 0.478 e. The van der Waals surface area contributed by atoms with Crippen molar-refractivity contribution in [3.8, 4) is 22.3 Å². The molecule has 0 atom stereocenters. The fourth-order valence-corrected chi connectivity index (χ4v) is 6.88. The van der Waals surface area contributed by atoms with Gasteiger partial charge in [-0.05, 0) is 67.4 Å². The second-order valence-corrected chi connectivity index (χ2v) is 12.1. The highest BCUT2D eigenvalue weighted by Crippen LogP contribution is 2.41. The smallest absolute Gasteiger partial charge is 0.336 e. The maximum Gasteiger partial charge on any atom is 0.336 e. The number of carboxylic acids is 4. The number of benzene rings is 8. The summed E-state index contributed by atoms with van der Waals surface area (Å²) in [5.41, 5.74) is 2.08. The lowest BCUT2D eigenvalue weighted by atomic mass is 9.87. The summed E-state index contributed by atoms with van der Waals surface area (Å²) in [6.07, 6.45) is 0. The Hall–Kier alpha value is -7.32. The molecule has 0 saturated heterocycles. The van der Waals surface area contributed by atoms with E-state index in [4.69, 9.17) is 0 Å². The number of hydrogen-bond donors (Lipinski definition) is 4. The first-order valence-corrected chi connectivity index (χ1v) is 16.2. The van der Waals surface area contributed by atoms with E-state index in [1.54, 1.807) is 24.3 Å². The van der Waals surface area contributed by atoms with Crippen LogP contribution in [-0.4, -0.2) is 44.3 Å². The quantitative estimate of drug-likeness (QED) is 0.135. The molecule has 8 nitrogen and oxygen atoms in total. The van der Waals surface area contributed by atoms with Crippen LogP contribution < -0.4 is 0 Å². The molecule has 0 aliphatic heterocycles. The molecule has 52 heavy (non-hydrogen) atoms. The van der Waals surface area contributed by atoms with E-state index in [1.807, 2.05) is 97.1 Å². The summed E-state index contributed by atoms with van der Waals surface area (Å²) in [4.78, 5) is 47.6. The third kappa shape index (κ3) is 5.84. The van der Waals surface area contributed by atoms with Gasteiger partial charge in [0, 0.05) is 22.3 Å². The van der Waals surface area contributed by atoms with Gasteiger partial charge in [-0.3, -0.25) is 0 Å². The van der Waals surface area contributed by atoms with Gasteiger partial charge >= 0.3 is 23.9 Å². The van der Waals surface area contributed by atoms with Gasteiger partial charge in [0.25, 0.3) is 0 Å². The van der Waals surface area contributed by atoms with Crippen molar-refractivity contribution in [2.75, 3.05) is 0 Å². The molecule has 8 heteroatoms. The van der Waals surface area contributed by atoms with Gasteiger partial charge < -0.3 is 20.4 Å². The van der Waals surface area contributed by atoms with Crippen LogP contribution in [-0.2, 0) is 0 Å². The highest BCUT2D eigenvalue weighted by atomic mass is 16.4. The lowest BCUT2D eigenvalue weighted by molar-refractivity contribution is 0.0684. The summed E-state index contributed by atoms with van der Waals surface area (Å²) in [5.74, 6) is -4.35. The predicted molar refractivity (Wildman–Crippen MR) is 202 cm³/mol. The van der Waals surface area contributed by atoms with E-state index in [0.29, 0.717) is 43.8 Å². The molecule has 0 fully saturated rings. The minimum atomic E-state index is -1.09. The topological polar surface area (TPSA) is 149 Å². The Morgan fingerprint density at radius 3 is 0.654 bits per heavy atom. The zero-order valence-electron chi connectivity index (χ0n) is 27.3. The summed E-state index contributed by atoms with van der Waals surface area (Å²) >= 11 is 0. The summed E-state index contributed by atoms with van der Waals surface area (Å²) in [6, 6.07) is 42.7. The molecule has 0 spiro atoms. The average Bonchev–Trinajstić information content (AvgIpc) is 3.16. The summed E-state index contributed by atoms with van der Waals surface area (Å²) in [6.45, 7) is 0. The first-order valence-electron chi connectivity index (χ1n) is 16.2. The highest BCUT2D eigenvalue weighted by molar-refractivity contribution is 6.18. The number of rotatable bonds is 6. The van der Waals surface area contributed by atoms with Gasteiger partial charge in [0.05, 0.1) is 22.3 Å². The molecular formula is C44H28O8. The first-order chi connectivity index (χ1) is 25.2. The van der Waals surface area contributed by atoms with Crippen molar-refractivity contribution >= 4 is 67.0 Å². The molecule has 0 radical (unpaired) electrons. The van der Waals surface area contributed by atoms with Crippen LogP contribution in [0.4, 0.5) is 0 Å². The van der Waals surface area contributed by atoms with Crippen LogP contribution in [0, 0.1) is 0 Å². The minimum absolute atomic E-state index is 0.0857. The van der Waals surface area contributed by atoms with Gasteiger partial charge in [-0.2, -0.15) is 0 Å². The van der Waals surface area contributed by atoms with E-state index in [0.717, 1.165) is 21.5 Å². The molecule has 0 aliphatic rings. The van der Waals surface area contributed by atoms with E-state index < -0.39 is 23.9 Å². The van der Waals surface area contributed by atoms with Crippen molar-refractivity contribution in [1.29, 1.82) is 0 Å². The molecule has 0 saturated carbocycles. The monoisotopic (exact) mass is 684 g/mol. The van der Waals surface area contributed by atoms with Crippen LogP contribution in [0.3, 0.4) is 0 Å². The average molecular weight is 685 g/mol. The molecule has 8 aromatic carbocycles. The fourth-order valence-electron chi connectivity index (χ4n) is 6.88. The predicted octanol–water partition coefficient (Wildman–Crippen LogP) is 10.1. The summed E-state index contributed by atoms with van der Waals surface area (Å²) < 4.78 is 0. The molecule has 8 aromatic rings. The Morgan fingerprint density at radius 2 is 0.462 bits per heavy atom. The Kier molecular flexibility index (Phi) is 8.64. The van der Waals surface area contributed by atoms with Crippen molar-refractivity contribution in [3.63, 3.8) is 0 Å². The van der Waals surface area contributed by atoms with Crippen LogP contribution in [0.15, 0.2) is 146 Å². The van der Waals surface area contributed by atoms with Crippen molar-refractivity contribution in [1.82, 2.24) is 0 Å². The Labute approximate surface area is 296 Å². The number of hydrogen-bond acceptors (Lipinski definition) is 4. The third-order valence-electron chi connectivity index (χ3n) is 9.14. The molecule has 4 N–H and O–H groups in total. The molecule has 0 aliphatic carbocycles. The van der Waals surface area contributed by atoms with Crippen LogP contribution in [0.5, 0.6) is 0 Å². The van der Waals surface area contributed by atoms with Gasteiger partial charge in [-0.25, -0.2) is 19.2 Å². The summed E-state index contributed by atoms with van der Waals surface area (Å²) in [7, 11) is 0. The van der Waals surface area contributed by atoms with E-state index in [-0.39, 0.29) is 22.3 Å². The fraction of sp³-hybridized carbons (Fsp3) is 0. The van der Waals surface area contributed by atoms with Gasteiger partial charge in [0.1, 0.15) is 0 Å². The number of carbonyl (C=O) groups is 4.